The monoisotopic (exact) mass is 378 g/mol. The van der Waals surface area contributed by atoms with Gasteiger partial charge >= 0.3 is 0 Å². The van der Waals surface area contributed by atoms with Crippen molar-refractivity contribution in [2.24, 2.45) is 5.92 Å². The van der Waals surface area contributed by atoms with Crippen molar-refractivity contribution in [2.45, 2.75) is 26.2 Å². The van der Waals surface area contributed by atoms with Gasteiger partial charge < -0.3 is 4.90 Å². The lowest BCUT2D eigenvalue weighted by molar-refractivity contribution is -0.131. The molecular formula is C17H19BrN2O3. The number of imide groups is 1. The minimum Gasteiger partial charge on any atom is -0.341 e. The smallest absolute Gasteiger partial charge is 0.262 e. The third-order valence-electron chi connectivity index (χ3n) is 4.60. The van der Waals surface area contributed by atoms with E-state index in [0.717, 1.165) is 28.6 Å². The van der Waals surface area contributed by atoms with E-state index in [4.69, 9.17) is 0 Å². The molecule has 1 aromatic carbocycles. The van der Waals surface area contributed by atoms with E-state index in [2.05, 4.69) is 22.9 Å². The molecule has 23 heavy (non-hydrogen) atoms. The highest BCUT2D eigenvalue weighted by molar-refractivity contribution is 9.10. The fraction of sp³-hybridized carbons (Fsp3) is 0.471. The van der Waals surface area contributed by atoms with Crippen LogP contribution in [0.15, 0.2) is 22.7 Å². The van der Waals surface area contributed by atoms with Gasteiger partial charge in [-0.1, -0.05) is 22.9 Å². The van der Waals surface area contributed by atoms with Gasteiger partial charge in [0.25, 0.3) is 11.8 Å². The van der Waals surface area contributed by atoms with Crippen LogP contribution < -0.4 is 0 Å². The summed E-state index contributed by atoms with van der Waals surface area (Å²) in [5.41, 5.74) is 0.733. The Hall–Kier alpha value is -1.69. The first kappa shape index (κ1) is 16.2. The Morgan fingerprint density at radius 1 is 1.17 bits per heavy atom. The van der Waals surface area contributed by atoms with Gasteiger partial charge in [-0.3, -0.25) is 19.3 Å². The van der Waals surface area contributed by atoms with Crippen molar-refractivity contribution in [3.63, 3.8) is 0 Å². The number of carbonyl (C=O) groups excluding carboxylic acids is 3. The standard InChI is InChI=1S/C17H19BrN2O3/c1-11-3-2-7-19(8-6-11)15(21)10-20-16(22)13-5-4-12(18)9-14(13)17(20)23/h4-5,9,11H,2-3,6-8,10H2,1H3. The van der Waals surface area contributed by atoms with Crippen LogP contribution in [0.3, 0.4) is 0 Å². The molecule has 0 saturated carbocycles. The van der Waals surface area contributed by atoms with Crippen LogP contribution in [0.2, 0.25) is 0 Å². The van der Waals surface area contributed by atoms with Crippen molar-refractivity contribution in [3.8, 4) is 0 Å². The molecule has 0 N–H and O–H groups in total. The number of hydrogen-bond donors (Lipinski definition) is 0. The zero-order valence-electron chi connectivity index (χ0n) is 13.0. The molecule has 5 nitrogen and oxygen atoms in total. The second kappa shape index (κ2) is 6.43. The predicted molar refractivity (Wildman–Crippen MR) is 89.1 cm³/mol. The van der Waals surface area contributed by atoms with Crippen LogP contribution in [0.5, 0.6) is 0 Å². The van der Waals surface area contributed by atoms with Gasteiger partial charge in [0.05, 0.1) is 11.1 Å². The Bertz CT molecular complexity index is 674. The van der Waals surface area contributed by atoms with Crippen LogP contribution in [-0.4, -0.2) is 47.2 Å². The minimum atomic E-state index is -0.386. The summed E-state index contributed by atoms with van der Waals surface area (Å²) in [5.74, 6) is -0.297. The molecule has 0 spiro atoms. The molecular weight excluding hydrogens is 360 g/mol. The maximum Gasteiger partial charge on any atom is 0.262 e. The average Bonchev–Trinajstić information content (AvgIpc) is 2.69. The SMILES string of the molecule is CC1CCCN(C(=O)CN2C(=O)c3ccc(Br)cc3C2=O)CC1. The van der Waals surface area contributed by atoms with Gasteiger partial charge in [-0.05, 0) is 43.4 Å². The van der Waals surface area contributed by atoms with Crippen molar-refractivity contribution < 1.29 is 14.4 Å². The molecule has 1 saturated heterocycles. The number of nitrogens with zero attached hydrogens (tertiary/aromatic N) is 2. The van der Waals surface area contributed by atoms with E-state index in [-0.39, 0.29) is 24.3 Å². The summed E-state index contributed by atoms with van der Waals surface area (Å²) in [4.78, 5) is 40.1. The van der Waals surface area contributed by atoms with E-state index in [1.54, 1.807) is 23.1 Å². The second-order valence-corrected chi connectivity index (χ2v) is 7.22. The van der Waals surface area contributed by atoms with Gasteiger partial charge in [-0.25, -0.2) is 0 Å². The largest absolute Gasteiger partial charge is 0.341 e. The summed E-state index contributed by atoms with van der Waals surface area (Å²) in [6.45, 7) is 3.43. The van der Waals surface area contributed by atoms with Crippen LogP contribution in [0, 0.1) is 5.92 Å². The first-order valence-electron chi connectivity index (χ1n) is 7.91. The Labute approximate surface area is 143 Å². The van der Waals surface area contributed by atoms with Crippen molar-refractivity contribution in [1.82, 2.24) is 9.80 Å². The first-order valence-corrected chi connectivity index (χ1v) is 8.70. The lowest BCUT2D eigenvalue weighted by Crippen LogP contribution is -2.43. The van der Waals surface area contributed by atoms with E-state index in [1.807, 2.05) is 0 Å². The summed E-state index contributed by atoms with van der Waals surface area (Å²) in [6.07, 6.45) is 3.06. The fourth-order valence-corrected chi connectivity index (χ4v) is 3.52. The normalized spacial score (nSPS) is 21.4. The molecule has 122 valence electrons. The maximum absolute atomic E-state index is 12.5. The molecule has 2 aliphatic heterocycles. The number of benzene rings is 1. The summed E-state index contributed by atoms with van der Waals surface area (Å²) in [6, 6.07) is 4.98. The number of hydrogen-bond acceptors (Lipinski definition) is 3. The number of likely N-dealkylation sites (tertiary alicyclic amines) is 1. The molecule has 2 heterocycles. The number of rotatable bonds is 2. The van der Waals surface area contributed by atoms with Crippen molar-refractivity contribution >= 4 is 33.7 Å². The number of carbonyl (C=O) groups is 3. The van der Waals surface area contributed by atoms with E-state index < -0.39 is 0 Å². The summed E-state index contributed by atoms with van der Waals surface area (Å²) >= 11 is 3.30. The number of halogens is 1. The highest BCUT2D eigenvalue weighted by Crippen LogP contribution is 2.26. The fourth-order valence-electron chi connectivity index (χ4n) is 3.15. The lowest BCUT2D eigenvalue weighted by Gasteiger charge is -2.23. The lowest BCUT2D eigenvalue weighted by atomic mass is 10.0. The quantitative estimate of drug-likeness (QED) is 0.743. The summed E-state index contributed by atoms with van der Waals surface area (Å²) in [7, 11) is 0. The molecule has 1 atom stereocenters. The van der Waals surface area contributed by atoms with Gasteiger partial charge in [-0.15, -0.1) is 0 Å². The number of amides is 3. The van der Waals surface area contributed by atoms with E-state index in [1.165, 1.54) is 0 Å². The Morgan fingerprint density at radius 2 is 1.91 bits per heavy atom. The third-order valence-corrected chi connectivity index (χ3v) is 5.09. The van der Waals surface area contributed by atoms with E-state index in [9.17, 15) is 14.4 Å². The highest BCUT2D eigenvalue weighted by atomic mass is 79.9. The average molecular weight is 379 g/mol. The van der Waals surface area contributed by atoms with Gasteiger partial charge in [0.15, 0.2) is 0 Å². The molecule has 1 aromatic rings. The molecule has 0 aromatic heterocycles. The summed E-state index contributed by atoms with van der Waals surface area (Å²) in [5, 5.41) is 0. The molecule has 1 unspecified atom stereocenters. The Balaban J connectivity index is 1.72. The van der Waals surface area contributed by atoms with Crippen LogP contribution >= 0.6 is 15.9 Å². The zero-order valence-corrected chi connectivity index (χ0v) is 14.6. The van der Waals surface area contributed by atoms with Crippen LogP contribution in [0.25, 0.3) is 0 Å². The number of fused-ring (bicyclic) bond motifs is 1. The predicted octanol–water partition coefficient (Wildman–Crippen LogP) is 2.69. The van der Waals surface area contributed by atoms with Gasteiger partial charge in [0.1, 0.15) is 6.54 Å². The van der Waals surface area contributed by atoms with Crippen LogP contribution in [0.4, 0.5) is 0 Å². The molecule has 0 radical (unpaired) electrons. The Morgan fingerprint density at radius 3 is 2.70 bits per heavy atom. The van der Waals surface area contributed by atoms with Gasteiger partial charge in [0, 0.05) is 17.6 Å². The van der Waals surface area contributed by atoms with E-state index in [0.29, 0.717) is 30.1 Å². The zero-order chi connectivity index (χ0) is 16.6. The Kier molecular flexibility index (Phi) is 4.53. The first-order chi connectivity index (χ1) is 11.0. The minimum absolute atomic E-state index is 0.146. The molecule has 6 heteroatoms. The van der Waals surface area contributed by atoms with Gasteiger partial charge in [-0.2, -0.15) is 0 Å². The highest BCUT2D eigenvalue weighted by Gasteiger charge is 2.37. The van der Waals surface area contributed by atoms with Gasteiger partial charge in [0.2, 0.25) is 5.91 Å². The molecule has 2 aliphatic rings. The van der Waals surface area contributed by atoms with Crippen LogP contribution in [0.1, 0.15) is 46.9 Å². The topological polar surface area (TPSA) is 57.7 Å². The maximum atomic E-state index is 12.5. The molecule has 3 rings (SSSR count). The van der Waals surface area contributed by atoms with Crippen molar-refractivity contribution in [1.29, 1.82) is 0 Å². The molecule has 0 bridgehead atoms. The second-order valence-electron chi connectivity index (χ2n) is 6.30. The van der Waals surface area contributed by atoms with Crippen LogP contribution in [-0.2, 0) is 4.79 Å². The molecule has 0 aliphatic carbocycles. The summed E-state index contributed by atoms with van der Waals surface area (Å²) < 4.78 is 0.743. The van der Waals surface area contributed by atoms with Crippen molar-refractivity contribution in [2.75, 3.05) is 19.6 Å². The molecule has 3 amide bonds. The van der Waals surface area contributed by atoms with Crippen molar-refractivity contribution in [3.05, 3.63) is 33.8 Å². The molecule has 1 fully saturated rings. The van der Waals surface area contributed by atoms with E-state index >= 15 is 0 Å². The third kappa shape index (κ3) is 3.17.